The number of rotatable bonds is 2. The number of hydrogen-bond acceptors (Lipinski definition) is 1. The standard InChI is InChI=1S/C19H13F2N/c20-14-9-8-12(17(21)11-14)10-13-4-3-6-16-15-5-1-2-7-18(15)22-19(13)16/h1-9,11,13H,10H2. The third-order valence-electron chi connectivity index (χ3n) is 4.12. The van der Waals surface area contributed by atoms with Crippen LogP contribution in [0.1, 0.15) is 11.1 Å². The summed E-state index contributed by atoms with van der Waals surface area (Å²) in [6, 6.07) is 11.7. The van der Waals surface area contributed by atoms with E-state index in [4.69, 9.17) is 4.99 Å². The Kier molecular flexibility index (Phi) is 3.00. The molecule has 0 spiro atoms. The lowest BCUT2D eigenvalue weighted by atomic mass is 9.85. The van der Waals surface area contributed by atoms with Crippen LogP contribution in [0.5, 0.6) is 0 Å². The van der Waals surface area contributed by atoms with Crippen molar-refractivity contribution >= 4 is 17.0 Å². The molecular weight excluding hydrogens is 280 g/mol. The summed E-state index contributed by atoms with van der Waals surface area (Å²) in [5.41, 5.74) is 4.65. The van der Waals surface area contributed by atoms with Crippen molar-refractivity contribution in [3.8, 4) is 0 Å². The molecule has 1 aliphatic carbocycles. The molecule has 0 aromatic heterocycles. The SMILES string of the molecule is Fc1ccc(CC2C=CC=C3C2=Nc2ccccc23)c(F)c1. The molecule has 3 heteroatoms. The molecule has 2 aliphatic rings. The largest absolute Gasteiger partial charge is 0.252 e. The monoisotopic (exact) mass is 293 g/mol. The number of allylic oxidation sites excluding steroid dienone is 4. The van der Waals surface area contributed by atoms with Gasteiger partial charge in [-0.1, -0.05) is 42.5 Å². The molecule has 1 nitrogen and oxygen atoms in total. The second-order valence-electron chi connectivity index (χ2n) is 5.53. The van der Waals surface area contributed by atoms with Crippen molar-refractivity contribution in [3.05, 3.63) is 83.5 Å². The zero-order valence-corrected chi connectivity index (χ0v) is 11.8. The number of benzene rings is 2. The van der Waals surface area contributed by atoms with Gasteiger partial charge < -0.3 is 0 Å². The quantitative estimate of drug-likeness (QED) is 0.749. The average molecular weight is 293 g/mol. The molecule has 0 radical (unpaired) electrons. The summed E-state index contributed by atoms with van der Waals surface area (Å²) in [4.78, 5) is 4.70. The molecule has 0 saturated carbocycles. The van der Waals surface area contributed by atoms with E-state index in [9.17, 15) is 8.78 Å². The summed E-state index contributed by atoms with van der Waals surface area (Å²) >= 11 is 0. The first-order valence-electron chi connectivity index (χ1n) is 7.23. The molecule has 2 aromatic carbocycles. The number of para-hydroxylation sites is 1. The van der Waals surface area contributed by atoms with Crippen LogP contribution in [-0.2, 0) is 6.42 Å². The second kappa shape index (κ2) is 5.02. The lowest BCUT2D eigenvalue weighted by Crippen LogP contribution is -2.17. The fourth-order valence-electron chi connectivity index (χ4n) is 3.05. The highest BCUT2D eigenvalue weighted by Crippen LogP contribution is 2.39. The fourth-order valence-corrected chi connectivity index (χ4v) is 3.05. The zero-order valence-electron chi connectivity index (χ0n) is 11.8. The summed E-state index contributed by atoms with van der Waals surface area (Å²) in [7, 11) is 0. The predicted octanol–water partition coefficient (Wildman–Crippen LogP) is 4.86. The van der Waals surface area contributed by atoms with E-state index in [1.807, 2.05) is 42.5 Å². The van der Waals surface area contributed by atoms with Gasteiger partial charge in [0.05, 0.1) is 11.4 Å². The number of nitrogens with zero attached hydrogens (tertiary/aromatic N) is 1. The summed E-state index contributed by atoms with van der Waals surface area (Å²) in [5.74, 6) is -1.04. The van der Waals surface area contributed by atoms with E-state index in [-0.39, 0.29) is 5.92 Å². The van der Waals surface area contributed by atoms with Gasteiger partial charge in [-0.3, -0.25) is 4.99 Å². The van der Waals surface area contributed by atoms with Crippen LogP contribution in [0.3, 0.4) is 0 Å². The number of hydrogen-bond donors (Lipinski definition) is 0. The van der Waals surface area contributed by atoms with Gasteiger partial charge in [-0.05, 0) is 24.1 Å². The van der Waals surface area contributed by atoms with Crippen molar-refractivity contribution in [2.24, 2.45) is 10.9 Å². The molecule has 1 heterocycles. The van der Waals surface area contributed by atoms with Gasteiger partial charge in [0, 0.05) is 23.1 Å². The van der Waals surface area contributed by atoms with Gasteiger partial charge in [-0.15, -0.1) is 0 Å². The van der Waals surface area contributed by atoms with Gasteiger partial charge in [0.2, 0.25) is 0 Å². The van der Waals surface area contributed by atoms with Crippen LogP contribution in [0.15, 0.2) is 65.7 Å². The molecule has 0 fully saturated rings. The summed E-state index contributed by atoms with van der Waals surface area (Å²) in [5, 5.41) is 0. The van der Waals surface area contributed by atoms with E-state index >= 15 is 0 Å². The van der Waals surface area contributed by atoms with Crippen LogP contribution in [0.4, 0.5) is 14.5 Å². The van der Waals surface area contributed by atoms with Gasteiger partial charge in [-0.2, -0.15) is 0 Å². The fraction of sp³-hybridized carbons (Fsp3) is 0.105. The topological polar surface area (TPSA) is 12.4 Å². The van der Waals surface area contributed by atoms with Crippen molar-refractivity contribution in [1.29, 1.82) is 0 Å². The third kappa shape index (κ3) is 2.10. The van der Waals surface area contributed by atoms with Crippen LogP contribution in [0, 0.1) is 17.6 Å². The zero-order chi connectivity index (χ0) is 15.1. The van der Waals surface area contributed by atoms with Crippen molar-refractivity contribution < 1.29 is 8.78 Å². The normalized spacial score (nSPS) is 18.5. The van der Waals surface area contributed by atoms with E-state index in [0.717, 1.165) is 28.6 Å². The maximum Gasteiger partial charge on any atom is 0.129 e. The Hall–Kier alpha value is -2.55. The van der Waals surface area contributed by atoms with E-state index in [1.54, 1.807) is 0 Å². The average Bonchev–Trinajstić information content (AvgIpc) is 2.90. The molecule has 0 saturated heterocycles. The number of fused-ring (bicyclic) bond motifs is 3. The summed E-state index contributed by atoms with van der Waals surface area (Å²) in [6.07, 6.45) is 6.54. The summed E-state index contributed by atoms with van der Waals surface area (Å²) < 4.78 is 26.9. The van der Waals surface area contributed by atoms with Crippen molar-refractivity contribution in [2.75, 3.05) is 0 Å². The maximum atomic E-state index is 13.9. The molecule has 1 atom stereocenters. The molecule has 1 aliphatic heterocycles. The molecule has 1 unspecified atom stereocenters. The molecule has 0 amide bonds. The highest BCUT2D eigenvalue weighted by Gasteiger charge is 2.28. The Bertz CT molecular complexity index is 846. The molecule has 0 bridgehead atoms. The predicted molar refractivity (Wildman–Crippen MR) is 84.2 cm³/mol. The molecule has 4 rings (SSSR count). The Morgan fingerprint density at radius 2 is 1.91 bits per heavy atom. The van der Waals surface area contributed by atoms with E-state index < -0.39 is 11.6 Å². The minimum atomic E-state index is -0.549. The maximum absolute atomic E-state index is 13.9. The number of aliphatic imine (C=N–C) groups is 1. The molecule has 0 N–H and O–H groups in total. The highest BCUT2D eigenvalue weighted by atomic mass is 19.1. The lowest BCUT2D eigenvalue weighted by molar-refractivity contribution is 0.568. The molecule has 2 aromatic rings. The third-order valence-corrected chi connectivity index (χ3v) is 4.12. The number of halogens is 2. The smallest absolute Gasteiger partial charge is 0.129 e. The van der Waals surface area contributed by atoms with Gasteiger partial charge >= 0.3 is 0 Å². The molecule has 108 valence electrons. The van der Waals surface area contributed by atoms with Gasteiger partial charge in [0.15, 0.2) is 0 Å². The molecule has 22 heavy (non-hydrogen) atoms. The van der Waals surface area contributed by atoms with Crippen LogP contribution in [0.2, 0.25) is 0 Å². The van der Waals surface area contributed by atoms with E-state index in [0.29, 0.717) is 12.0 Å². The van der Waals surface area contributed by atoms with Crippen LogP contribution < -0.4 is 0 Å². The minimum absolute atomic E-state index is 0.00682. The van der Waals surface area contributed by atoms with Crippen LogP contribution in [-0.4, -0.2) is 5.71 Å². The first kappa shape index (κ1) is 13.1. The second-order valence-corrected chi connectivity index (χ2v) is 5.53. The van der Waals surface area contributed by atoms with E-state index in [2.05, 4.69) is 0 Å². The first-order chi connectivity index (χ1) is 10.7. The van der Waals surface area contributed by atoms with Crippen molar-refractivity contribution in [3.63, 3.8) is 0 Å². The van der Waals surface area contributed by atoms with Crippen LogP contribution in [0.25, 0.3) is 5.57 Å². The van der Waals surface area contributed by atoms with Crippen LogP contribution >= 0.6 is 0 Å². The minimum Gasteiger partial charge on any atom is -0.252 e. The van der Waals surface area contributed by atoms with Crippen molar-refractivity contribution in [2.45, 2.75) is 6.42 Å². The lowest BCUT2D eigenvalue weighted by Gasteiger charge is -2.18. The first-order valence-corrected chi connectivity index (χ1v) is 7.23. The van der Waals surface area contributed by atoms with Gasteiger partial charge in [0.25, 0.3) is 0 Å². The Labute approximate surface area is 127 Å². The Morgan fingerprint density at radius 3 is 2.77 bits per heavy atom. The van der Waals surface area contributed by atoms with Crippen molar-refractivity contribution in [1.82, 2.24) is 0 Å². The Morgan fingerprint density at radius 1 is 1.05 bits per heavy atom. The van der Waals surface area contributed by atoms with Gasteiger partial charge in [0.1, 0.15) is 11.6 Å². The molecular formula is C19H13F2N. The highest BCUT2D eigenvalue weighted by molar-refractivity contribution is 6.31. The Balaban J connectivity index is 1.68. The summed E-state index contributed by atoms with van der Waals surface area (Å²) in [6.45, 7) is 0. The van der Waals surface area contributed by atoms with Gasteiger partial charge in [-0.25, -0.2) is 8.78 Å². The van der Waals surface area contributed by atoms with E-state index in [1.165, 1.54) is 12.1 Å².